The molecule has 0 fully saturated rings. The van der Waals surface area contributed by atoms with Crippen LogP contribution in [0.1, 0.15) is 16.7 Å². The molecule has 0 aliphatic carbocycles. The Kier molecular flexibility index (Phi) is 7.56. The number of rotatable bonds is 6. The second-order valence-electron chi connectivity index (χ2n) is 11.2. The van der Waals surface area contributed by atoms with E-state index in [0.29, 0.717) is 18.2 Å². The molecule has 0 saturated heterocycles. The van der Waals surface area contributed by atoms with E-state index in [4.69, 9.17) is 20.0 Å². The lowest BCUT2D eigenvalue weighted by atomic mass is 9.97. The van der Waals surface area contributed by atoms with Crippen LogP contribution in [0.15, 0.2) is 161 Å². The molecule has 0 radical (unpaired) electrons. The zero-order valence-corrected chi connectivity index (χ0v) is 25.8. The van der Waals surface area contributed by atoms with E-state index in [0.717, 1.165) is 66.7 Å². The maximum atomic E-state index is 5.19. The van der Waals surface area contributed by atoms with E-state index >= 15 is 0 Å². The molecule has 0 N–H and O–H groups in total. The van der Waals surface area contributed by atoms with Gasteiger partial charge in [0.05, 0.1) is 12.2 Å². The van der Waals surface area contributed by atoms with E-state index in [1.807, 2.05) is 53.1 Å². The largest absolute Gasteiger partial charge is 0.284 e. The summed E-state index contributed by atoms with van der Waals surface area (Å²) in [6.45, 7) is 4.14. The molecule has 5 aromatic heterocycles. The molecule has 0 bridgehead atoms. The van der Waals surface area contributed by atoms with Gasteiger partial charge in [-0.15, -0.1) is 0 Å². The van der Waals surface area contributed by atoms with Gasteiger partial charge in [-0.05, 0) is 71.9 Å². The van der Waals surface area contributed by atoms with Crippen LogP contribution in [0.4, 0.5) is 0 Å². The van der Waals surface area contributed by atoms with Gasteiger partial charge in [0, 0.05) is 58.4 Å². The summed E-state index contributed by atoms with van der Waals surface area (Å²) in [5.41, 5.74) is 9.33. The van der Waals surface area contributed by atoms with Gasteiger partial charge >= 0.3 is 0 Å². The predicted molar refractivity (Wildman–Crippen MR) is 194 cm³/mol. The van der Waals surface area contributed by atoms with E-state index in [1.54, 1.807) is 24.8 Å². The molecule has 0 aliphatic heterocycles. The van der Waals surface area contributed by atoms with Gasteiger partial charge < -0.3 is 0 Å². The molecule has 0 atom stereocenters. The second-order valence-corrected chi connectivity index (χ2v) is 11.2. The molecule has 8 nitrogen and oxygen atoms in total. The van der Waals surface area contributed by atoms with Gasteiger partial charge in [0.25, 0.3) is 0 Å². The molecule has 48 heavy (non-hydrogen) atoms. The highest BCUT2D eigenvalue weighted by atomic mass is 15.1. The van der Waals surface area contributed by atoms with Crippen molar-refractivity contribution in [3.05, 3.63) is 163 Å². The van der Waals surface area contributed by atoms with Crippen molar-refractivity contribution in [3.8, 4) is 22.4 Å². The lowest BCUT2D eigenvalue weighted by molar-refractivity contribution is 1.06. The van der Waals surface area contributed by atoms with Crippen LogP contribution in [0.5, 0.6) is 0 Å². The molecule has 8 aromatic rings. The zero-order chi connectivity index (χ0) is 32.3. The van der Waals surface area contributed by atoms with Crippen LogP contribution >= 0.6 is 0 Å². The van der Waals surface area contributed by atoms with Crippen molar-refractivity contribution in [1.29, 1.82) is 0 Å². The van der Waals surface area contributed by atoms with Gasteiger partial charge in [-0.3, -0.25) is 19.4 Å². The number of benzene rings is 3. The first-order chi connectivity index (χ1) is 23.7. The van der Waals surface area contributed by atoms with Crippen LogP contribution in [0.2, 0.25) is 0 Å². The summed E-state index contributed by atoms with van der Waals surface area (Å²) >= 11 is 0. The van der Waals surface area contributed by atoms with E-state index in [2.05, 4.69) is 94.5 Å². The van der Waals surface area contributed by atoms with Crippen molar-refractivity contribution in [2.24, 2.45) is 15.0 Å². The maximum Gasteiger partial charge on any atom is 0.165 e. The number of pyridine rings is 4. The minimum Gasteiger partial charge on any atom is -0.284 e. The number of nitrogens with zero attached hydrogens (tertiary/aromatic N) is 8. The summed E-state index contributed by atoms with van der Waals surface area (Å²) in [5.74, 6) is 0.960. The number of fused-ring (bicyclic) bond motifs is 5. The zero-order valence-electron chi connectivity index (χ0n) is 25.8. The van der Waals surface area contributed by atoms with Crippen LogP contribution in [0.3, 0.4) is 0 Å². The number of hydrogen-bond acceptors (Lipinski definition) is 5. The summed E-state index contributed by atoms with van der Waals surface area (Å²) in [6.07, 6.45) is 8.90. The molecule has 8 rings (SSSR count). The third-order valence-electron chi connectivity index (χ3n) is 8.17. The third-order valence-corrected chi connectivity index (χ3v) is 8.17. The molecular formula is C40H28N8. The Hall–Kier alpha value is -6.67. The van der Waals surface area contributed by atoms with Gasteiger partial charge in [0.15, 0.2) is 17.3 Å². The van der Waals surface area contributed by atoms with Crippen molar-refractivity contribution >= 4 is 46.0 Å². The van der Waals surface area contributed by atoms with E-state index < -0.39 is 0 Å². The SMILES string of the molecule is C=NC(=NC(=NCc1cccc(-c2cccc(-c3nc4c(nc5ccccn54)c4ccccc34)c2)c1)c1cccnc1)c1cccnc1. The Morgan fingerprint density at radius 3 is 2.12 bits per heavy atom. The molecule has 0 aliphatic rings. The first-order valence-corrected chi connectivity index (χ1v) is 15.5. The van der Waals surface area contributed by atoms with Crippen LogP contribution < -0.4 is 0 Å². The summed E-state index contributed by atoms with van der Waals surface area (Å²) in [4.78, 5) is 32.4. The quantitative estimate of drug-likeness (QED) is 0.138. The normalized spacial score (nSPS) is 12.2. The standard InChI is InChI=1S/C40H28N8/c1-41-38(31-14-8-19-42-25-31)47-39(32-15-9-20-43-26-32)44-24-27-10-6-11-28(22-27)29-12-7-13-30(23-29)36-33-16-2-3-17-34(33)37-40(46-36)48-21-5-4-18-35(48)45-37/h2-23,25-26H,1,24H2. The summed E-state index contributed by atoms with van der Waals surface area (Å²) in [7, 11) is 0. The molecule has 0 saturated carbocycles. The lowest BCUT2D eigenvalue weighted by Crippen LogP contribution is -2.06. The van der Waals surface area contributed by atoms with Crippen LogP contribution in [-0.4, -0.2) is 42.7 Å². The Morgan fingerprint density at radius 2 is 1.35 bits per heavy atom. The fourth-order valence-corrected chi connectivity index (χ4v) is 5.89. The van der Waals surface area contributed by atoms with Crippen LogP contribution in [0.25, 0.3) is 50.0 Å². The average molecular weight is 621 g/mol. The topological polar surface area (TPSA) is 93.0 Å². The van der Waals surface area contributed by atoms with Crippen molar-refractivity contribution in [2.45, 2.75) is 6.54 Å². The van der Waals surface area contributed by atoms with E-state index in [-0.39, 0.29) is 0 Å². The first-order valence-electron chi connectivity index (χ1n) is 15.5. The molecule has 0 spiro atoms. The van der Waals surface area contributed by atoms with Crippen molar-refractivity contribution in [2.75, 3.05) is 0 Å². The van der Waals surface area contributed by atoms with E-state index in [9.17, 15) is 0 Å². The predicted octanol–water partition coefficient (Wildman–Crippen LogP) is 8.25. The molecule has 8 heteroatoms. The van der Waals surface area contributed by atoms with Gasteiger partial charge in [-0.1, -0.05) is 66.7 Å². The number of aromatic nitrogens is 5. The molecular weight excluding hydrogens is 592 g/mol. The highest BCUT2D eigenvalue weighted by molar-refractivity contribution is 6.12. The van der Waals surface area contributed by atoms with Gasteiger partial charge in [0.2, 0.25) is 0 Å². The summed E-state index contributed by atoms with van der Waals surface area (Å²) in [5, 5.41) is 2.15. The molecule has 0 amide bonds. The fourth-order valence-electron chi connectivity index (χ4n) is 5.89. The smallest absolute Gasteiger partial charge is 0.165 e. The number of hydrogen-bond donors (Lipinski definition) is 0. The minimum atomic E-state index is 0.413. The van der Waals surface area contributed by atoms with Crippen LogP contribution in [-0.2, 0) is 6.54 Å². The fraction of sp³-hybridized carbons (Fsp3) is 0.0250. The third kappa shape index (κ3) is 5.52. The highest BCUT2D eigenvalue weighted by Gasteiger charge is 2.15. The van der Waals surface area contributed by atoms with Gasteiger partial charge in [0.1, 0.15) is 11.2 Å². The Balaban J connectivity index is 1.16. The Labute approximate surface area is 276 Å². The minimum absolute atomic E-state index is 0.413. The first kappa shape index (κ1) is 28.8. The lowest BCUT2D eigenvalue weighted by Gasteiger charge is -2.10. The Bertz CT molecular complexity index is 2500. The van der Waals surface area contributed by atoms with E-state index in [1.165, 1.54) is 0 Å². The number of aliphatic imine (C=N–C) groups is 3. The van der Waals surface area contributed by atoms with Crippen molar-refractivity contribution in [1.82, 2.24) is 24.3 Å². The second kappa shape index (κ2) is 12.6. The van der Waals surface area contributed by atoms with Crippen LogP contribution in [0, 0.1) is 0 Å². The van der Waals surface area contributed by atoms with Crippen molar-refractivity contribution < 1.29 is 0 Å². The highest BCUT2D eigenvalue weighted by Crippen LogP contribution is 2.34. The molecule has 3 aromatic carbocycles. The average Bonchev–Trinajstić information content (AvgIpc) is 3.54. The molecule has 5 heterocycles. The molecule has 228 valence electrons. The maximum absolute atomic E-state index is 5.19. The number of imidazole rings is 1. The summed E-state index contributed by atoms with van der Waals surface area (Å²) < 4.78 is 2.05. The van der Waals surface area contributed by atoms with Gasteiger partial charge in [-0.2, -0.15) is 0 Å². The monoisotopic (exact) mass is 620 g/mol. The van der Waals surface area contributed by atoms with Gasteiger partial charge in [-0.25, -0.2) is 20.0 Å². The Morgan fingerprint density at radius 1 is 0.646 bits per heavy atom. The molecule has 0 unspecified atom stereocenters. The number of amidine groups is 2. The summed E-state index contributed by atoms with van der Waals surface area (Å²) in [6, 6.07) is 38.9. The van der Waals surface area contributed by atoms with Crippen molar-refractivity contribution in [3.63, 3.8) is 0 Å².